The van der Waals surface area contributed by atoms with Gasteiger partial charge >= 0.3 is 0 Å². The van der Waals surface area contributed by atoms with Crippen LogP contribution in [-0.2, 0) is 11.2 Å². The second-order valence-corrected chi connectivity index (χ2v) is 6.31. The minimum atomic E-state index is -0.330. The molecule has 0 unspecified atom stereocenters. The lowest BCUT2D eigenvalue weighted by Gasteiger charge is -2.16. The Kier molecular flexibility index (Phi) is 3.60. The van der Waals surface area contributed by atoms with Gasteiger partial charge in [-0.25, -0.2) is 0 Å². The van der Waals surface area contributed by atoms with Crippen LogP contribution in [-0.4, -0.2) is 16.3 Å². The molecule has 108 valence electrons. The summed E-state index contributed by atoms with van der Waals surface area (Å²) >= 11 is 5.51. The third kappa shape index (κ3) is 2.43. The molecule has 1 aromatic carbocycles. The highest BCUT2D eigenvalue weighted by molar-refractivity contribution is 6.64. The molecule has 1 aromatic rings. The molecule has 1 heterocycles. The monoisotopic (exact) mass is 297 g/mol. The van der Waals surface area contributed by atoms with Crippen molar-refractivity contribution in [2.75, 3.05) is 0 Å². The Bertz CT molecular complexity index is 585. The number of carbonyl (C=O) groups excluding carboxylic acids is 1. The van der Waals surface area contributed by atoms with Gasteiger partial charge in [0.15, 0.2) is 0 Å². The third-order valence-corrected chi connectivity index (χ3v) is 4.11. The summed E-state index contributed by atoms with van der Waals surface area (Å²) in [6.07, 6.45) is 1.49. The second-order valence-electron chi connectivity index (χ2n) is 5.94. The number of carbonyl (C=O) groups is 1. The lowest BCUT2D eigenvalue weighted by Crippen LogP contribution is -2.56. The van der Waals surface area contributed by atoms with Gasteiger partial charge in [0, 0.05) is 45.5 Å². The maximum Gasteiger partial charge on any atom is 0.257 e. The zero-order chi connectivity index (χ0) is 13.8. The summed E-state index contributed by atoms with van der Waals surface area (Å²) in [4.78, 5) is 22.3. The number of hydrogen-bond acceptors (Lipinski definition) is 4. The van der Waals surface area contributed by atoms with Gasteiger partial charge in [-0.05, 0) is 37.9 Å². The molecule has 0 spiro atoms. The van der Waals surface area contributed by atoms with E-state index in [0.717, 1.165) is 23.3 Å². The molecule has 5 nitrogen and oxygen atoms in total. The van der Waals surface area contributed by atoms with Crippen molar-refractivity contribution in [1.29, 1.82) is 0 Å². The molecule has 0 saturated heterocycles. The van der Waals surface area contributed by atoms with Crippen molar-refractivity contribution in [2.24, 2.45) is 5.92 Å². The first-order chi connectivity index (χ1) is 8.91. The first-order valence-electron chi connectivity index (χ1n) is 6.34. The van der Waals surface area contributed by atoms with Crippen LogP contribution < -0.4 is 9.91 Å². The zero-order valence-electron chi connectivity index (χ0n) is 11.3. The second kappa shape index (κ2) is 4.82. The molecule has 1 aliphatic carbocycles. The molecule has 0 amide bonds. The molecule has 1 fully saturated rings. The van der Waals surface area contributed by atoms with Gasteiger partial charge in [0.25, 0.3) is 5.69 Å². The van der Waals surface area contributed by atoms with Gasteiger partial charge in [-0.2, -0.15) is 0 Å². The van der Waals surface area contributed by atoms with Gasteiger partial charge in [-0.1, -0.05) is 0 Å². The van der Waals surface area contributed by atoms with Crippen LogP contribution >= 0.6 is 11.6 Å². The lowest BCUT2D eigenvalue weighted by atomic mass is 9.98. The summed E-state index contributed by atoms with van der Waals surface area (Å²) in [5.41, 5.74) is 2.16. The van der Waals surface area contributed by atoms with Crippen LogP contribution in [0, 0.1) is 10.8 Å². The van der Waals surface area contributed by atoms with E-state index in [1.165, 1.54) is 0 Å². The molecule has 2 aliphatic rings. The van der Waals surface area contributed by atoms with Crippen LogP contribution in [0.25, 0.3) is 0 Å². The minimum Gasteiger partial charge on any atom is -0.870 e. The molecule has 0 bridgehead atoms. The number of fused-ring (bicyclic) bond motifs is 1. The summed E-state index contributed by atoms with van der Waals surface area (Å²) in [6, 6.07) is 3.72. The number of halogens is 1. The standard InChI is InChI=1S/C14H14ClNO3.H2O/c1-14(2)6-7-3-11(16-18)9(5-12(7)19-14)8-4-10(8)13(15)17;/h3,5,8,10H,4,6H2,1-2H3;1H2/t8-,10+;/m0./s1. The molecule has 0 aromatic heterocycles. The molecule has 20 heavy (non-hydrogen) atoms. The largest absolute Gasteiger partial charge is 0.870 e. The highest BCUT2D eigenvalue weighted by Gasteiger charge is 2.46. The fourth-order valence-electron chi connectivity index (χ4n) is 2.85. The quantitative estimate of drug-likeness (QED) is 0.858. The van der Waals surface area contributed by atoms with Crippen LogP contribution in [0.3, 0.4) is 0 Å². The molecular weight excluding hydrogens is 282 g/mol. The van der Waals surface area contributed by atoms with Crippen molar-refractivity contribution in [3.8, 4) is 5.75 Å². The Balaban J connectivity index is 0.00000147. The molecule has 6 heteroatoms. The van der Waals surface area contributed by atoms with Gasteiger partial charge in [-0.3, -0.25) is 4.79 Å². The topological polar surface area (TPSA) is 87.3 Å². The molecule has 1 saturated carbocycles. The van der Waals surface area contributed by atoms with Crippen molar-refractivity contribution in [1.82, 2.24) is 0 Å². The number of ether oxygens (including phenoxy) is 1. The molecule has 2 N–H and O–H groups in total. The molecule has 0 radical (unpaired) electrons. The van der Waals surface area contributed by atoms with E-state index in [1.807, 2.05) is 31.2 Å². The Morgan fingerprint density at radius 3 is 2.70 bits per heavy atom. The maximum absolute atomic E-state index is 11.2. The summed E-state index contributed by atoms with van der Waals surface area (Å²) < 4.78 is 5.86. The van der Waals surface area contributed by atoms with Crippen LogP contribution in [0.2, 0.25) is 0 Å². The minimum absolute atomic E-state index is 0. The highest BCUT2D eigenvalue weighted by Crippen LogP contribution is 2.52. The third-order valence-electron chi connectivity index (χ3n) is 3.83. The van der Waals surface area contributed by atoms with E-state index in [9.17, 15) is 9.70 Å². The van der Waals surface area contributed by atoms with E-state index in [0.29, 0.717) is 12.1 Å². The van der Waals surface area contributed by atoms with E-state index in [2.05, 4.69) is 0 Å². The number of nitrogens with one attached hydrogen (secondary N) is 1. The fraction of sp³-hybridized carbons (Fsp3) is 0.500. The molecule has 2 atom stereocenters. The van der Waals surface area contributed by atoms with E-state index in [1.54, 1.807) is 0 Å². The van der Waals surface area contributed by atoms with Gasteiger partial charge in [0.2, 0.25) is 5.24 Å². The van der Waals surface area contributed by atoms with Gasteiger partial charge < -0.3 is 10.2 Å². The molecule has 1 aliphatic heterocycles. The van der Waals surface area contributed by atoms with Crippen molar-refractivity contribution >= 4 is 22.5 Å². The summed E-state index contributed by atoms with van der Waals surface area (Å²) in [7, 11) is 0. The van der Waals surface area contributed by atoms with Crippen molar-refractivity contribution in [2.45, 2.75) is 38.2 Å². The maximum atomic E-state index is 11.2. The number of nitroso groups, excluding NO2 is 1. The summed E-state index contributed by atoms with van der Waals surface area (Å²) in [6.45, 7) is 4.03. The number of rotatable bonds is 3. The first-order valence-corrected chi connectivity index (χ1v) is 6.72. The molecular formula is C14H16ClNO4. The summed E-state index contributed by atoms with van der Waals surface area (Å²) in [5.74, 6) is 0.687. The SMILES string of the molecule is CC1(C)Cc2cc([NH+]=O)c([C@@H]3C[C@H]3C(=O)Cl)cc2O1.[OH-]. The Labute approximate surface area is 121 Å². The summed E-state index contributed by atoms with van der Waals surface area (Å²) in [5, 5.41) is 1.64. The van der Waals surface area contributed by atoms with Crippen LogP contribution in [0.15, 0.2) is 12.1 Å². The average molecular weight is 298 g/mol. The van der Waals surface area contributed by atoms with E-state index >= 15 is 0 Å². The zero-order valence-corrected chi connectivity index (χ0v) is 12.0. The normalized spacial score (nSPS) is 25.1. The van der Waals surface area contributed by atoms with Gasteiger partial charge in [0.05, 0.1) is 0 Å². The van der Waals surface area contributed by atoms with E-state index in [4.69, 9.17) is 16.3 Å². The smallest absolute Gasteiger partial charge is 0.257 e. The van der Waals surface area contributed by atoms with Crippen LogP contribution in [0.4, 0.5) is 5.69 Å². The molecule has 3 rings (SSSR count). The first kappa shape index (κ1) is 14.9. The Morgan fingerprint density at radius 2 is 2.15 bits per heavy atom. The number of benzene rings is 1. The number of hydrogen-bond donors (Lipinski definition) is 1. The lowest BCUT2D eigenvalue weighted by molar-refractivity contribution is -0.380. The van der Waals surface area contributed by atoms with Gasteiger partial charge in [0.1, 0.15) is 11.4 Å². The predicted octanol–water partition coefficient (Wildman–Crippen LogP) is 1.57. The van der Waals surface area contributed by atoms with Gasteiger partial charge in [-0.15, -0.1) is 0 Å². The van der Waals surface area contributed by atoms with Crippen molar-refractivity contribution in [3.05, 3.63) is 28.2 Å². The predicted molar refractivity (Wildman–Crippen MR) is 72.5 cm³/mol. The Hall–Kier alpha value is -1.46. The van der Waals surface area contributed by atoms with Crippen molar-refractivity contribution in [3.63, 3.8) is 0 Å². The highest BCUT2D eigenvalue weighted by atomic mass is 35.5. The van der Waals surface area contributed by atoms with E-state index < -0.39 is 0 Å². The van der Waals surface area contributed by atoms with Crippen LogP contribution in [0.1, 0.15) is 37.3 Å². The van der Waals surface area contributed by atoms with Crippen LogP contribution in [0.5, 0.6) is 5.75 Å². The average Bonchev–Trinajstić information content (AvgIpc) is 3.04. The van der Waals surface area contributed by atoms with E-state index in [-0.39, 0.29) is 28.2 Å². The van der Waals surface area contributed by atoms with Crippen molar-refractivity contribution < 1.29 is 20.2 Å². The fourth-order valence-corrected chi connectivity index (χ4v) is 3.09. The Morgan fingerprint density at radius 1 is 1.45 bits per heavy atom.